The Balaban J connectivity index is 4.46. The van der Waals surface area contributed by atoms with Crippen molar-refractivity contribution in [3.05, 3.63) is 12.3 Å². The molecule has 0 aliphatic carbocycles. The summed E-state index contributed by atoms with van der Waals surface area (Å²) in [4.78, 5) is 15.4. The Labute approximate surface area is 129 Å². The van der Waals surface area contributed by atoms with Gasteiger partial charge in [0.05, 0.1) is 19.8 Å². The van der Waals surface area contributed by atoms with Crippen LogP contribution >= 0.6 is 0 Å². The van der Waals surface area contributed by atoms with Crippen LogP contribution in [0.3, 0.4) is 0 Å². The minimum absolute atomic E-state index is 0.315. The van der Waals surface area contributed by atoms with Crippen LogP contribution in [0.1, 0.15) is 41.5 Å². The Morgan fingerprint density at radius 1 is 0.714 bits per heavy atom. The van der Waals surface area contributed by atoms with Gasteiger partial charge in [-0.15, -0.1) is 0 Å². The minimum atomic E-state index is -3.37. The maximum atomic E-state index is 5.28. The monoisotopic (exact) mass is 322 g/mol. The lowest BCUT2D eigenvalue weighted by Crippen LogP contribution is -2.45. The average molecular weight is 322 g/mol. The summed E-state index contributed by atoms with van der Waals surface area (Å²) in [5.74, 6) is 0.944. The maximum Gasteiger partial charge on any atom is 0.612 e. The van der Waals surface area contributed by atoms with Crippen LogP contribution in [0.25, 0.3) is 0 Å². The zero-order chi connectivity index (χ0) is 16.3. The summed E-state index contributed by atoms with van der Waals surface area (Å²) in [6.45, 7) is 16.9. The van der Waals surface area contributed by atoms with Crippen LogP contribution in [-0.4, -0.2) is 28.6 Å². The molecule has 0 saturated carbocycles. The predicted molar refractivity (Wildman–Crippen MR) is 81.6 cm³/mol. The van der Waals surface area contributed by atoms with Gasteiger partial charge in [0, 0.05) is 0 Å². The largest absolute Gasteiger partial charge is 0.612 e. The highest BCUT2D eigenvalue weighted by molar-refractivity contribution is 6.65. The molecule has 0 aliphatic rings. The van der Waals surface area contributed by atoms with E-state index < -0.39 is 8.80 Å². The van der Waals surface area contributed by atoms with Crippen LogP contribution < -0.4 is 0 Å². The maximum absolute atomic E-state index is 5.28. The molecule has 0 aromatic heterocycles. The van der Waals surface area contributed by atoms with Crippen LogP contribution in [0.4, 0.5) is 0 Å². The molecule has 0 spiro atoms. The van der Waals surface area contributed by atoms with Gasteiger partial charge in [0.2, 0.25) is 0 Å². The van der Waals surface area contributed by atoms with Gasteiger partial charge < -0.3 is 0 Å². The molecule has 126 valence electrons. The Morgan fingerprint density at radius 2 is 1.00 bits per heavy atom. The molecule has 0 unspecified atom stereocenters. The zero-order valence-corrected chi connectivity index (χ0v) is 15.1. The molecule has 7 heteroatoms. The first kappa shape index (κ1) is 20.7. The smallest absolute Gasteiger partial charge is 0.243 e. The van der Waals surface area contributed by atoms with Crippen molar-refractivity contribution in [2.24, 2.45) is 17.8 Å². The number of hydrogen-bond acceptors (Lipinski definition) is 6. The van der Waals surface area contributed by atoms with Gasteiger partial charge in [0.15, 0.2) is 0 Å². The van der Waals surface area contributed by atoms with Crippen molar-refractivity contribution < 1.29 is 28.4 Å². The van der Waals surface area contributed by atoms with Crippen LogP contribution in [0.2, 0.25) is 0 Å². The second kappa shape index (κ2) is 11.3. The van der Waals surface area contributed by atoms with E-state index in [0.717, 1.165) is 0 Å². The van der Waals surface area contributed by atoms with E-state index in [9.17, 15) is 0 Å². The highest BCUT2D eigenvalue weighted by Crippen LogP contribution is 2.15. The molecule has 0 atom stereocenters. The lowest BCUT2D eigenvalue weighted by atomic mass is 10.2. The first-order valence-corrected chi connectivity index (χ1v) is 9.17. The van der Waals surface area contributed by atoms with E-state index in [4.69, 9.17) is 28.4 Å². The molecule has 0 aromatic rings. The molecule has 0 amide bonds. The molecule has 0 rings (SSSR count). The topological polar surface area (TPSA) is 55.4 Å². The standard InChI is InChI=1S/C14H30O6Si/c1-8-21(18-15-9-12(2)3,19-16-10-13(4)5)20-17-11-14(6)7/h8,12-14H,1,9-11H2,2-7H3. The molecule has 0 radical (unpaired) electrons. The van der Waals surface area contributed by atoms with Crippen LogP contribution in [-0.2, 0) is 28.4 Å². The summed E-state index contributed by atoms with van der Waals surface area (Å²) in [5.41, 5.74) is 1.41. The molecule has 6 nitrogen and oxygen atoms in total. The van der Waals surface area contributed by atoms with Crippen molar-refractivity contribution in [1.82, 2.24) is 0 Å². The minimum Gasteiger partial charge on any atom is -0.243 e. The molecule has 21 heavy (non-hydrogen) atoms. The Hall–Kier alpha value is -0.283. The Bertz CT molecular complexity index is 234. The highest BCUT2D eigenvalue weighted by Gasteiger charge is 2.44. The predicted octanol–water partition coefficient (Wildman–Crippen LogP) is 3.46. The lowest BCUT2D eigenvalue weighted by molar-refractivity contribution is -0.362. The number of rotatable bonds is 13. The Morgan fingerprint density at radius 3 is 1.19 bits per heavy atom. The van der Waals surface area contributed by atoms with E-state index in [2.05, 4.69) is 6.58 Å². The van der Waals surface area contributed by atoms with Gasteiger partial charge in [0.25, 0.3) is 0 Å². The third kappa shape index (κ3) is 11.0. The fourth-order valence-electron chi connectivity index (χ4n) is 0.900. The molecule has 0 aliphatic heterocycles. The van der Waals surface area contributed by atoms with Crippen molar-refractivity contribution in [3.8, 4) is 0 Å². The summed E-state index contributed by atoms with van der Waals surface area (Å²) in [6, 6.07) is 0. The Kier molecular flexibility index (Phi) is 11.2. The fourth-order valence-corrected chi connectivity index (χ4v) is 1.88. The number of hydrogen-bond donors (Lipinski definition) is 0. The third-order valence-electron chi connectivity index (χ3n) is 1.98. The van der Waals surface area contributed by atoms with Gasteiger partial charge in [-0.2, -0.15) is 0 Å². The molecule has 0 N–H and O–H groups in total. The molecule has 0 fully saturated rings. The molecule has 0 heterocycles. The van der Waals surface area contributed by atoms with Crippen molar-refractivity contribution in [2.75, 3.05) is 19.8 Å². The van der Waals surface area contributed by atoms with E-state index in [1.165, 1.54) is 5.70 Å². The van der Waals surface area contributed by atoms with Gasteiger partial charge in [-0.25, -0.2) is 28.4 Å². The van der Waals surface area contributed by atoms with Crippen LogP contribution in [0, 0.1) is 17.8 Å². The molecular weight excluding hydrogens is 292 g/mol. The van der Waals surface area contributed by atoms with Crippen molar-refractivity contribution >= 4 is 8.80 Å². The average Bonchev–Trinajstić information content (AvgIpc) is 2.36. The van der Waals surface area contributed by atoms with E-state index in [1.54, 1.807) is 0 Å². The van der Waals surface area contributed by atoms with Gasteiger partial charge in [-0.05, 0) is 23.5 Å². The summed E-state index contributed by atoms with van der Waals surface area (Å²) in [7, 11) is -3.37. The quantitative estimate of drug-likeness (QED) is 0.294. The summed E-state index contributed by atoms with van der Waals surface area (Å²) < 4.78 is 15.8. The van der Waals surface area contributed by atoms with Crippen LogP contribution in [0.5, 0.6) is 0 Å². The summed E-state index contributed by atoms with van der Waals surface area (Å²) in [5, 5.41) is 0. The zero-order valence-electron chi connectivity index (χ0n) is 14.1. The van der Waals surface area contributed by atoms with E-state index >= 15 is 0 Å². The third-order valence-corrected chi connectivity index (χ3v) is 3.53. The van der Waals surface area contributed by atoms with Crippen LogP contribution in [0.15, 0.2) is 12.3 Å². The van der Waals surface area contributed by atoms with E-state index in [1.807, 2.05) is 41.5 Å². The van der Waals surface area contributed by atoms with E-state index in [0.29, 0.717) is 37.6 Å². The summed E-state index contributed by atoms with van der Waals surface area (Å²) in [6.07, 6.45) is 0. The molecular formula is C14H30O6Si. The van der Waals surface area contributed by atoms with Gasteiger partial charge >= 0.3 is 8.80 Å². The van der Waals surface area contributed by atoms with Crippen molar-refractivity contribution in [1.29, 1.82) is 0 Å². The highest BCUT2D eigenvalue weighted by atomic mass is 28.4. The first-order chi connectivity index (χ1) is 9.81. The van der Waals surface area contributed by atoms with Gasteiger partial charge in [-0.1, -0.05) is 48.1 Å². The van der Waals surface area contributed by atoms with Gasteiger partial charge in [0.1, 0.15) is 0 Å². The van der Waals surface area contributed by atoms with Gasteiger partial charge in [-0.3, -0.25) is 0 Å². The normalized spacial score (nSPS) is 12.6. The van der Waals surface area contributed by atoms with Crippen molar-refractivity contribution in [2.45, 2.75) is 41.5 Å². The fraction of sp³-hybridized carbons (Fsp3) is 0.857. The first-order valence-electron chi connectivity index (χ1n) is 7.36. The second-order valence-electron chi connectivity index (χ2n) is 6.09. The molecule has 0 bridgehead atoms. The van der Waals surface area contributed by atoms with E-state index in [-0.39, 0.29) is 0 Å². The summed E-state index contributed by atoms with van der Waals surface area (Å²) >= 11 is 0. The lowest BCUT2D eigenvalue weighted by Gasteiger charge is -2.23. The molecule has 0 aromatic carbocycles. The van der Waals surface area contributed by atoms with Crippen molar-refractivity contribution in [3.63, 3.8) is 0 Å². The second-order valence-corrected chi connectivity index (χ2v) is 8.21. The SMILES string of the molecule is C=C[Si](OOCC(C)C)(OOCC(C)C)OOCC(C)C. The molecule has 0 saturated heterocycles.